The Morgan fingerprint density at radius 1 is 0.861 bits per heavy atom. The van der Waals surface area contributed by atoms with Crippen LogP contribution in [-0.4, -0.2) is 24.5 Å². The highest BCUT2D eigenvalue weighted by molar-refractivity contribution is 6.04. The fourth-order valence-electron chi connectivity index (χ4n) is 5.13. The third kappa shape index (κ3) is 5.51. The highest BCUT2D eigenvalue weighted by Crippen LogP contribution is 2.30. The first-order valence-corrected chi connectivity index (χ1v) is 12.7. The van der Waals surface area contributed by atoms with Gasteiger partial charge in [-0.1, -0.05) is 55.7 Å². The molecule has 0 saturated heterocycles. The van der Waals surface area contributed by atoms with E-state index in [9.17, 15) is 14.0 Å². The monoisotopic (exact) mass is 486 g/mol. The highest BCUT2D eigenvalue weighted by Gasteiger charge is 2.24. The van der Waals surface area contributed by atoms with Gasteiger partial charge < -0.3 is 20.9 Å². The number of nitrogens with zero attached hydrogens (tertiary/aromatic N) is 1. The lowest BCUT2D eigenvalue weighted by atomic mass is 9.95. The van der Waals surface area contributed by atoms with Gasteiger partial charge in [-0.2, -0.15) is 0 Å². The van der Waals surface area contributed by atoms with E-state index in [4.69, 9.17) is 0 Å². The molecule has 0 atom stereocenters. The van der Waals surface area contributed by atoms with Gasteiger partial charge in [0.15, 0.2) is 0 Å². The van der Waals surface area contributed by atoms with Crippen LogP contribution in [0.2, 0.25) is 0 Å². The zero-order valence-corrected chi connectivity index (χ0v) is 20.2. The number of nitrogens with one attached hydrogen (secondary N) is 3. The number of hydrogen-bond donors (Lipinski definition) is 3. The molecule has 3 aromatic rings. The summed E-state index contributed by atoms with van der Waals surface area (Å²) in [6.07, 6.45) is 6.34. The predicted octanol–water partition coefficient (Wildman–Crippen LogP) is 6.09. The zero-order valence-electron chi connectivity index (χ0n) is 20.2. The Balaban J connectivity index is 1.39. The number of urea groups is 1. The van der Waals surface area contributed by atoms with E-state index in [2.05, 4.69) is 39.0 Å². The molecule has 0 spiro atoms. The van der Waals surface area contributed by atoms with Crippen molar-refractivity contribution in [3.63, 3.8) is 0 Å². The van der Waals surface area contributed by atoms with Gasteiger partial charge in [0.2, 0.25) is 0 Å². The quantitative estimate of drug-likeness (QED) is 0.408. The standard InChI is InChI=1S/C29H31FN4O2/c30-25-12-6-7-13-26(25)33-29(36)32-23-14-15-27(34-17-16-20-8-4-5-9-21(20)19-34)24(18-23)28(35)31-22-10-2-1-3-11-22/h4-9,12-15,18,22H,1-3,10-11,16-17,19H2,(H,31,35)(H2,32,33,36). The normalized spacial score (nSPS) is 15.6. The molecule has 1 aliphatic heterocycles. The van der Waals surface area contributed by atoms with Crippen molar-refractivity contribution in [2.24, 2.45) is 0 Å². The number of carbonyl (C=O) groups excluding carboxylic acids is 2. The Morgan fingerprint density at radius 3 is 2.42 bits per heavy atom. The van der Waals surface area contributed by atoms with E-state index in [1.807, 2.05) is 12.1 Å². The van der Waals surface area contributed by atoms with Crippen LogP contribution in [0.5, 0.6) is 0 Å². The molecule has 0 bridgehead atoms. The van der Waals surface area contributed by atoms with Crippen LogP contribution in [0.4, 0.5) is 26.2 Å². The molecular weight excluding hydrogens is 455 g/mol. The lowest BCUT2D eigenvalue weighted by Crippen LogP contribution is -2.38. The average molecular weight is 487 g/mol. The van der Waals surface area contributed by atoms with Crippen LogP contribution in [0.25, 0.3) is 0 Å². The van der Waals surface area contributed by atoms with E-state index < -0.39 is 11.8 Å². The first kappa shape index (κ1) is 23.9. The van der Waals surface area contributed by atoms with Gasteiger partial charge in [-0.05, 0) is 60.7 Å². The smallest absolute Gasteiger partial charge is 0.323 e. The van der Waals surface area contributed by atoms with Gasteiger partial charge >= 0.3 is 6.03 Å². The van der Waals surface area contributed by atoms with Gasteiger partial charge in [0.1, 0.15) is 5.82 Å². The summed E-state index contributed by atoms with van der Waals surface area (Å²) in [6.45, 7) is 1.53. The number of carbonyl (C=O) groups is 2. The molecular formula is C29H31FN4O2. The molecule has 2 aliphatic rings. The molecule has 7 heteroatoms. The Morgan fingerprint density at radius 2 is 1.61 bits per heavy atom. The second kappa shape index (κ2) is 10.8. The van der Waals surface area contributed by atoms with E-state index in [0.717, 1.165) is 50.9 Å². The largest absolute Gasteiger partial charge is 0.366 e. The third-order valence-corrected chi connectivity index (χ3v) is 7.03. The summed E-state index contributed by atoms with van der Waals surface area (Å²) in [5.74, 6) is -0.644. The van der Waals surface area contributed by atoms with Crippen LogP contribution < -0.4 is 20.9 Å². The number of anilines is 3. The first-order chi connectivity index (χ1) is 17.6. The Hall–Kier alpha value is -3.87. The molecule has 1 fully saturated rings. The lowest BCUT2D eigenvalue weighted by molar-refractivity contribution is 0.0928. The highest BCUT2D eigenvalue weighted by atomic mass is 19.1. The number of amides is 3. The SMILES string of the molecule is O=C(Nc1ccc(N2CCc3ccccc3C2)c(C(=O)NC2CCCCC2)c1)Nc1ccccc1F. The van der Waals surface area contributed by atoms with E-state index >= 15 is 0 Å². The molecule has 1 saturated carbocycles. The van der Waals surface area contributed by atoms with Crippen LogP contribution in [-0.2, 0) is 13.0 Å². The van der Waals surface area contributed by atoms with E-state index in [1.165, 1.54) is 29.7 Å². The molecule has 3 N–H and O–H groups in total. The first-order valence-electron chi connectivity index (χ1n) is 12.7. The summed E-state index contributed by atoms with van der Waals surface area (Å²) in [5.41, 5.74) is 4.54. The van der Waals surface area contributed by atoms with Crippen molar-refractivity contribution in [1.29, 1.82) is 0 Å². The number of para-hydroxylation sites is 1. The topological polar surface area (TPSA) is 73.5 Å². The molecule has 5 rings (SSSR count). The van der Waals surface area contributed by atoms with Gasteiger partial charge in [-0.15, -0.1) is 0 Å². The van der Waals surface area contributed by atoms with Crippen molar-refractivity contribution < 1.29 is 14.0 Å². The molecule has 0 aromatic heterocycles. The summed E-state index contributed by atoms with van der Waals surface area (Å²) in [5, 5.41) is 8.49. The molecule has 0 radical (unpaired) electrons. The van der Waals surface area contributed by atoms with E-state index in [1.54, 1.807) is 24.3 Å². The lowest BCUT2D eigenvalue weighted by Gasteiger charge is -2.32. The summed E-state index contributed by atoms with van der Waals surface area (Å²) in [7, 11) is 0. The zero-order chi connectivity index (χ0) is 24.9. The number of halogens is 1. The number of rotatable bonds is 5. The summed E-state index contributed by atoms with van der Waals surface area (Å²) in [4.78, 5) is 28.3. The maximum atomic E-state index is 13.9. The molecule has 186 valence electrons. The van der Waals surface area contributed by atoms with Gasteiger partial charge in [0, 0.05) is 30.5 Å². The van der Waals surface area contributed by atoms with Crippen molar-refractivity contribution >= 4 is 29.0 Å². The van der Waals surface area contributed by atoms with Crippen LogP contribution in [0.3, 0.4) is 0 Å². The molecule has 3 aromatic carbocycles. The van der Waals surface area contributed by atoms with Gasteiger partial charge in [0.25, 0.3) is 5.91 Å². The van der Waals surface area contributed by atoms with Crippen LogP contribution in [0.15, 0.2) is 66.7 Å². The van der Waals surface area contributed by atoms with Crippen LogP contribution in [0.1, 0.15) is 53.6 Å². The maximum absolute atomic E-state index is 13.9. The predicted molar refractivity (Wildman–Crippen MR) is 141 cm³/mol. The summed E-state index contributed by atoms with van der Waals surface area (Å²) in [6, 6.07) is 19.4. The van der Waals surface area contributed by atoms with Crippen molar-refractivity contribution in [3.05, 3.63) is 89.2 Å². The van der Waals surface area contributed by atoms with Crippen LogP contribution in [0, 0.1) is 5.82 Å². The summed E-state index contributed by atoms with van der Waals surface area (Å²) >= 11 is 0. The number of hydrogen-bond acceptors (Lipinski definition) is 3. The molecule has 36 heavy (non-hydrogen) atoms. The van der Waals surface area contributed by atoms with Crippen molar-refractivity contribution in [3.8, 4) is 0 Å². The maximum Gasteiger partial charge on any atom is 0.323 e. The van der Waals surface area contributed by atoms with Crippen molar-refractivity contribution in [1.82, 2.24) is 5.32 Å². The fraction of sp³-hybridized carbons (Fsp3) is 0.310. The minimum Gasteiger partial charge on any atom is -0.366 e. The van der Waals surface area contributed by atoms with Gasteiger partial charge in [-0.3, -0.25) is 4.79 Å². The Labute approximate surface area is 210 Å². The average Bonchev–Trinajstić information content (AvgIpc) is 2.90. The number of fused-ring (bicyclic) bond motifs is 1. The minimum absolute atomic E-state index is 0.0915. The number of benzene rings is 3. The van der Waals surface area contributed by atoms with Crippen LogP contribution >= 0.6 is 0 Å². The van der Waals surface area contributed by atoms with E-state index in [0.29, 0.717) is 11.3 Å². The second-order valence-corrected chi connectivity index (χ2v) is 9.54. The molecule has 1 heterocycles. The van der Waals surface area contributed by atoms with Crippen molar-refractivity contribution in [2.75, 3.05) is 22.1 Å². The molecule has 6 nitrogen and oxygen atoms in total. The Bertz CT molecular complexity index is 1260. The second-order valence-electron chi connectivity index (χ2n) is 9.54. The fourth-order valence-corrected chi connectivity index (χ4v) is 5.13. The molecule has 1 aliphatic carbocycles. The third-order valence-electron chi connectivity index (χ3n) is 7.03. The van der Waals surface area contributed by atoms with Crippen molar-refractivity contribution in [2.45, 2.75) is 51.1 Å². The Kier molecular flexibility index (Phi) is 7.16. The summed E-state index contributed by atoms with van der Waals surface area (Å²) < 4.78 is 13.9. The van der Waals surface area contributed by atoms with Gasteiger partial charge in [0.05, 0.1) is 11.3 Å². The van der Waals surface area contributed by atoms with Gasteiger partial charge in [-0.25, -0.2) is 9.18 Å². The molecule has 0 unspecified atom stereocenters. The minimum atomic E-state index is -0.571. The van der Waals surface area contributed by atoms with E-state index in [-0.39, 0.29) is 17.6 Å². The molecule has 3 amide bonds.